The lowest BCUT2D eigenvalue weighted by Crippen LogP contribution is -2.07. The SMILES string of the molecule is C=CCn1c(COc2cccc(C)c2)nnc1SCc1csc(-c2ccc(Cl)cc2)n1. The van der Waals surface area contributed by atoms with Gasteiger partial charge in [-0.05, 0) is 36.8 Å². The lowest BCUT2D eigenvalue weighted by Gasteiger charge is -2.09. The Kier molecular flexibility index (Phi) is 7.06. The average molecular weight is 469 g/mol. The second kappa shape index (κ2) is 10.1. The molecule has 0 N–H and O–H groups in total. The predicted octanol–water partition coefficient (Wildman–Crippen LogP) is 6.42. The number of benzene rings is 2. The molecule has 0 aliphatic carbocycles. The first-order chi connectivity index (χ1) is 15.1. The van der Waals surface area contributed by atoms with Crippen LogP contribution in [0, 0.1) is 6.92 Å². The van der Waals surface area contributed by atoms with E-state index in [2.05, 4.69) is 22.2 Å². The molecule has 8 heteroatoms. The monoisotopic (exact) mass is 468 g/mol. The van der Waals surface area contributed by atoms with E-state index in [0.717, 1.165) is 43.6 Å². The maximum Gasteiger partial charge on any atom is 0.191 e. The Balaban J connectivity index is 1.42. The van der Waals surface area contributed by atoms with Crippen molar-refractivity contribution in [2.75, 3.05) is 0 Å². The van der Waals surface area contributed by atoms with Gasteiger partial charge in [-0.1, -0.05) is 53.7 Å². The van der Waals surface area contributed by atoms with Gasteiger partial charge in [0.05, 0.1) is 5.69 Å². The minimum atomic E-state index is 0.349. The smallest absolute Gasteiger partial charge is 0.191 e. The first-order valence-corrected chi connectivity index (χ1v) is 11.9. The largest absolute Gasteiger partial charge is 0.486 e. The first-order valence-electron chi connectivity index (χ1n) is 9.68. The molecule has 0 saturated heterocycles. The predicted molar refractivity (Wildman–Crippen MR) is 128 cm³/mol. The minimum Gasteiger partial charge on any atom is -0.486 e. The number of hydrogen-bond donors (Lipinski definition) is 0. The Labute approximate surface area is 194 Å². The molecule has 31 heavy (non-hydrogen) atoms. The van der Waals surface area contributed by atoms with Crippen molar-refractivity contribution in [2.24, 2.45) is 0 Å². The van der Waals surface area contributed by atoms with Crippen molar-refractivity contribution in [2.45, 2.75) is 31.0 Å². The fourth-order valence-corrected chi connectivity index (χ4v) is 4.85. The Morgan fingerprint density at radius 2 is 2.03 bits per heavy atom. The molecule has 0 amide bonds. The van der Waals surface area contributed by atoms with Crippen LogP contribution in [0.4, 0.5) is 0 Å². The van der Waals surface area contributed by atoms with Crippen LogP contribution >= 0.6 is 34.7 Å². The minimum absolute atomic E-state index is 0.349. The first kappa shape index (κ1) is 21.6. The van der Waals surface area contributed by atoms with Gasteiger partial charge in [0, 0.05) is 28.3 Å². The van der Waals surface area contributed by atoms with Gasteiger partial charge in [-0.25, -0.2) is 4.98 Å². The molecule has 0 fully saturated rings. The summed E-state index contributed by atoms with van der Waals surface area (Å²) in [5.41, 5.74) is 3.23. The van der Waals surface area contributed by atoms with E-state index in [-0.39, 0.29) is 0 Å². The summed E-state index contributed by atoms with van der Waals surface area (Å²) in [5, 5.41) is 13.3. The number of nitrogens with zero attached hydrogens (tertiary/aromatic N) is 4. The highest BCUT2D eigenvalue weighted by atomic mass is 35.5. The molecule has 0 radical (unpaired) electrons. The second-order valence-corrected chi connectivity index (χ2v) is 9.08. The molecular formula is C23H21ClN4OS2. The van der Waals surface area contributed by atoms with E-state index in [1.54, 1.807) is 23.1 Å². The fourth-order valence-electron chi connectivity index (χ4n) is 2.93. The highest BCUT2D eigenvalue weighted by Crippen LogP contribution is 2.28. The molecule has 2 aromatic carbocycles. The van der Waals surface area contributed by atoms with E-state index >= 15 is 0 Å². The second-order valence-electron chi connectivity index (χ2n) is 6.84. The van der Waals surface area contributed by atoms with Crippen molar-refractivity contribution >= 4 is 34.7 Å². The quantitative estimate of drug-likeness (QED) is 0.209. The summed E-state index contributed by atoms with van der Waals surface area (Å²) in [5.74, 6) is 2.29. The summed E-state index contributed by atoms with van der Waals surface area (Å²) >= 11 is 9.21. The summed E-state index contributed by atoms with van der Waals surface area (Å²) < 4.78 is 7.94. The number of aryl methyl sites for hydroxylation is 1. The van der Waals surface area contributed by atoms with Crippen molar-refractivity contribution < 1.29 is 4.74 Å². The van der Waals surface area contributed by atoms with Gasteiger partial charge in [-0.2, -0.15) is 0 Å². The van der Waals surface area contributed by atoms with Crippen LogP contribution in [-0.4, -0.2) is 19.7 Å². The van der Waals surface area contributed by atoms with Gasteiger partial charge in [0.25, 0.3) is 0 Å². The zero-order valence-corrected chi connectivity index (χ0v) is 19.4. The Morgan fingerprint density at radius 3 is 2.81 bits per heavy atom. The average Bonchev–Trinajstić information content (AvgIpc) is 3.39. The number of hydrogen-bond acceptors (Lipinski definition) is 6. The van der Waals surface area contributed by atoms with Crippen LogP contribution < -0.4 is 4.74 Å². The van der Waals surface area contributed by atoms with Gasteiger partial charge in [-0.3, -0.25) is 4.57 Å². The van der Waals surface area contributed by atoms with Gasteiger partial charge < -0.3 is 4.74 Å². The van der Waals surface area contributed by atoms with Crippen LogP contribution in [0.5, 0.6) is 5.75 Å². The summed E-state index contributed by atoms with van der Waals surface area (Å²) in [4.78, 5) is 4.74. The number of thioether (sulfide) groups is 1. The third-order valence-electron chi connectivity index (χ3n) is 4.45. The third-order valence-corrected chi connectivity index (χ3v) is 6.65. The molecule has 4 aromatic rings. The summed E-state index contributed by atoms with van der Waals surface area (Å²) in [6, 6.07) is 15.7. The normalized spacial score (nSPS) is 10.9. The van der Waals surface area contributed by atoms with E-state index < -0.39 is 0 Å². The van der Waals surface area contributed by atoms with E-state index in [1.807, 2.05) is 66.1 Å². The van der Waals surface area contributed by atoms with Gasteiger partial charge in [0.2, 0.25) is 0 Å². The van der Waals surface area contributed by atoms with Crippen LogP contribution in [-0.2, 0) is 18.9 Å². The van der Waals surface area contributed by atoms with Crippen molar-refractivity contribution in [3.05, 3.63) is 88.7 Å². The maximum absolute atomic E-state index is 5.98. The molecule has 0 aliphatic heterocycles. The Bertz CT molecular complexity index is 1170. The van der Waals surface area contributed by atoms with E-state index in [4.69, 9.17) is 21.3 Å². The number of aromatic nitrogens is 4. The number of thiazole rings is 1. The zero-order valence-electron chi connectivity index (χ0n) is 17.0. The fraction of sp³-hybridized carbons (Fsp3) is 0.174. The Hall–Kier alpha value is -2.61. The highest BCUT2D eigenvalue weighted by Gasteiger charge is 2.14. The summed E-state index contributed by atoms with van der Waals surface area (Å²) in [6.45, 7) is 6.87. The van der Waals surface area contributed by atoms with Gasteiger partial charge >= 0.3 is 0 Å². The standard InChI is InChI=1S/C23H21ClN4OS2/c1-3-11-28-21(13-29-20-6-4-5-16(2)12-20)26-27-23(28)31-15-19-14-30-22(25-19)17-7-9-18(24)10-8-17/h3-10,12,14H,1,11,13,15H2,2H3. The van der Waals surface area contributed by atoms with Crippen LogP contribution in [0.25, 0.3) is 10.6 Å². The molecule has 0 aliphatic rings. The van der Waals surface area contributed by atoms with Crippen molar-refractivity contribution in [1.82, 2.24) is 19.7 Å². The molecule has 0 saturated carbocycles. The molecule has 0 spiro atoms. The van der Waals surface area contributed by atoms with E-state index in [0.29, 0.717) is 18.9 Å². The maximum atomic E-state index is 5.98. The summed E-state index contributed by atoms with van der Waals surface area (Å²) in [6.07, 6.45) is 1.84. The van der Waals surface area contributed by atoms with Crippen LogP contribution in [0.3, 0.4) is 0 Å². The van der Waals surface area contributed by atoms with Crippen LogP contribution in [0.2, 0.25) is 5.02 Å². The Morgan fingerprint density at radius 1 is 1.19 bits per heavy atom. The number of ether oxygens (including phenoxy) is 1. The van der Waals surface area contributed by atoms with Crippen molar-refractivity contribution in [3.8, 4) is 16.3 Å². The van der Waals surface area contributed by atoms with Crippen LogP contribution in [0.15, 0.2) is 71.7 Å². The van der Waals surface area contributed by atoms with E-state index in [1.165, 1.54) is 0 Å². The van der Waals surface area contributed by atoms with Crippen molar-refractivity contribution in [1.29, 1.82) is 0 Å². The lowest BCUT2D eigenvalue weighted by molar-refractivity contribution is 0.289. The topological polar surface area (TPSA) is 52.8 Å². The molecule has 2 aromatic heterocycles. The van der Waals surface area contributed by atoms with Gasteiger partial charge in [0.15, 0.2) is 11.0 Å². The van der Waals surface area contributed by atoms with E-state index in [9.17, 15) is 0 Å². The molecule has 0 atom stereocenters. The number of halogens is 1. The van der Waals surface area contributed by atoms with Gasteiger partial charge in [0.1, 0.15) is 17.4 Å². The molecule has 4 rings (SSSR count). The van der Waals surface area contributed by atoms with Crippen molar-refractivity contribution in [3.63, 3.8) is 0 Å². The van der Waals surface area contributed by atoms with Gasteiger partial charge in [-0.15, -0.1) is 28.1 Å². The molecule has 0 unspecified atom stereocenters. The molecule has 0 bridgehead atoms. The third kappa shape index (κ3) is 5.55. The summed E-state index contributed by atoms with van der Waals surface area (Å²) in [7, 11) is 0. The number of rotatable bonds is 9. The number of allylic oxidation sites excluding steroid dienone is 1. The zero-order chi connectivity index (χ0) is 21.6. The molecule has 5 nitrogen and oxygen atoms in total. The lowest BCUT2D eigenvalue weighted by atomic mass is 10.2. The molecule has 158 valence electrons. The highest BCUT2D eigenvalue weighted by molar-refractivity contribution is 7.98. The molecule has 2 heterocycles. The van der Waals surface area contributed by atoms with Crippen LogP contribution in [0.1, 0.15) is 17.1 Å². The molecular weight excluding hydrogens is 448 g/mol.